The minimum Gasteiger partial charge on any atom is -0.444 e. The van der Waals surface area contributed by atoms with Gasteiger partial charge in [0, 0.05) is 13.1 Å². The summed E-state index contributed by atoms with van der Waals surface area (Å²) in [5.74, 6) is -3.35. The molecule has 12 nitrogen and oxygen atoms in total. The Morgan fingerprint density at radius 2 is 1.59 bits per heavy atom. The van der Waals surface area contributed by atoms with E-state index in [9.17, 15) is 28.8 Å². The van der Waals surface area contributed by atoms with Gasteiger partial charge in [-0.05, 0) is 55.4 Å². The molecule has 0 radical (unpaired) electrons. The topological polar surface area (TPSA) is 163 Å². The molecule has 2 unspecified atom stereocenters. The molecule has 0 spiro atoms. The highest BCUT2D eigenvalue weighted by molar-refractivity contribution is 6.38. The molecule has 254 valence electrons. The van der Waals surface area contributed by atoms with Crippen LogP contribution in [0, 0.1) is 22.7 Å². The Balaban J connectivity index is 1.70. The van der Waals surface area contributed by atoms with Gasteiger partial charge in [0.2, 0.25) is 23.5 Å². The second-order valence-corrected chi connectivity index (χ2v) is 15.0. The van der Waals surface area contributed by atoms with Crippen LogP contribution in [0.5, 0.6) is 0 Å². The highest BCUT2D eigenvalue weighted by Gasteiger charge is 2.70. The minimum absolute atomic E-state index is 0.0624. The molecule has 12 heteroatoms. The number of piperidine rings is 1. The number of hydrogen-bond acceptors (Lipinski definition) is 7. The number of Topliss-reactive ketones (excluding diaryl/α,β-unsaturated/α-hetero) is 1. The zero-order chi connectivity index (χ0) is 34.6. The summed E-state index contributed by atoms with van der Waals surface area (Å²) < 4.78 is 5.41. The van der Waals surface area contributed by atoms with Crippen molar-refractivity contribution in [1.82, 2.24) is 26.2 Å². The smallest absolute Gasteiger partial charge is 0.408 e. The van der Waals surface area contributed by atoms with Gasteiger partial charge in [-0.1, -0.05) is 78.3 Å². The van der Waals surface area contributed by atoms with Gasteiger partial charge >= 0.3 is 6.09 Å². The fraction of sp³-hybridized carbons (Fsp3) is 0.647. The number of likely N-dealkylation sites (tertiary alicyclic amines) is 1. The van der Waals surface area contributed by atoms with E-state index in [1.807, 2.05) is 71.9 Å². The third kappa shape index (κ3) is 9.07. The number of carbonyl (C=O) groups is 6. The van der Waals surface area contributed by atoms with Crippen molar-refractivity contribution in [3.8, 4) is 0 Å². The van der Waals surface area contributed by atoms with Gasteiger partial charge in [0.05, 0.1) is 12.6 Å². The standard InChI is InChI=1S/C34H51N5O7/c1-10-14-22(26(41)29(43)36-18-23(40)35-17-20-15-12-11-13-16-20)37-28(42)25-24-21(34(24,8)9)19-39(25)30(44)27(32(2,3)4)38-31(45)46-33(5,6)7/h11-13,15-16,21-22,24-25,27H,10,14,17-19H2,1-9H3,(H,35,40)(H,36,43)(H,37,42)(H,38,45)/t21?,22?,24-,25-,27+/m0/s1. The van der Waals surface area contributed by atoms with Crippen molar-refractivity contribution >= 4 is 35.5 Å². The number of carbonyl (C=O) groups excluding carboxylic acids is 6. The van der Waals surface area contributed by atoms with Gasteiger partial charge in [-0.15, -0.1) is 0 Å². The molecule has 2 fully saturated rings. The molecule has 1 aliphatic heterocycles. The van der Waals surface area contributed by atoms with E-state index in [1.165, 1.54) is 4.90 Å². The SMILES string of the molecule is CCCC(NC(=O)[C@@H]1[C@@H]2C(CN1C(=O)[C@@H](NC(=O)OC(C)(C)C)C(C)(C)C)C2(C)C)C(=O)C(=O)NCC(=O)NCc1ccccc1. The third-order valence-electron chi connectivity index (χ3n) is 8.71. The molecule has 1 aliphatic carbocycles. The second kappa shape index (κ2) is 14.2. The maximum atomic E-state index is 14.0. The van der Waals surface area contributed by atoms with Crippen molar-refractivity contribution < 1.29 is 33.5 Å². The molecule has 1 aromatic rings. The fourth-order valence-corrected chi connectivity index (χ4v) is 6.13. The number of ether oxygens (including phenoxy) is 1. The number of fused-ring (bicyclic) bond motifs is 1. The summed E-state index contributed by atoms with van der Waals surface area (Å²) in [6.07, 6.45) is -0.0424. The van der Waals surface area contributed by atoms with Crippen molar-refractivity contribution in [2.75, 3.05) is 13.1 Å². The van der Waals surface area contributed by atoms with Crippen LogP contribution in [0.1, 0.15) is 80.7 Å². The van der Waals surface area contributed by atoms with E-state index < -0.39 is 71.2 Å². The maximum Gasteiger partial charge on any atom is 0.408 e. The first-order valence-corrected chi connectivity index (χ1v) is 16.0. The average molecular weight is 642 g/mol. The maximum absolute atomic E-state index is 14.0. The van der Waals surface area contributed by atoms with Gasteiger partial charge in [0.25, 0.3) is 5.91 Å². The number of amides is 5. The van der Waals surface area contributed by atoms with Gasteiger partial charge in [-0.2, -0.15) is 0 Å². The van der Waals surface area contributed by atoms with E-state index in [0.717, 1.165) is 5.56 Å². The Morgan fingerprint density at radius 1 is 0.957 bits per heavy atom. The molecule has 0 aromatic heterocycles. The monoisotopic (exact) mass is 641 g/mol. The Labute approximate surface area is 272 Å². The highest BCUT2D eigenvalue weighted by atomic mass is 16.6. The molecule has 1 saturated heterocycles. The normalized spacial score (nSPS) is 21.2. The summed E-state index contributed by atoms with van der Waals surface area (Å²) in [7, 11) is 0. The number of rotatable bonds is 12. The number of nitrogens with one attached hydrogen (secondary N) is 4. The summed E-state index contributed by atoms with van der Waals surface area (Å²) in [6.45, 7) is 16.7. The van der Waals surface area contributed by atoms with Crippen LogP contribution in [0.15, 0.2) is 30.3 Å². The van der Waals surface area contributed by atoms with Crippen molar-refractivity contribution in [3.05, 3.63) is 35.9 Å². The van der Waals surface area contributed by atoms with Crippen molar-refractivity contribution in [2.24, 2.45) is 22.7 Å². The Morgan fingerprint density at radius 3 is 2.15 bits per heavy atom. The van der Waals surface area contributed by atoms with Crippen molar-refractivity contribution in [1.29, 1.82) is 0 Å². The highest BCUT2D eigenvalue weighted by Crippen LogP contribution is 2.65. The molecule has 1 aromatic carbocycles. The minimum atomic E-state index is -1.14. The first-order valence-electron chi connectivity index (χ1n) is 16.0. The van der Waals surface area contributed by atoms with Crippen LogP contribution in [0.25, 0.3) is 0 Å². The van der Waals surface area contributed by atoms with Crippen molar-refractivity contribution in [2.45, 2.75) is 105 Å². The van der Waals surface area contributed by atoms with E-state index in [4.69, 9.17) is 4.74 Å². The van der Waals surface area contributed by atoms with Gasteiger partial charge in [-0.25, -0.2) is 4.79 Å². The lowest BCUT2D eigenvalue weighted by molar-refractivity contribution is -0.145. The third-order valence-corrected chi connectivity index (χ3v) is 8.71. The molecule has 1 saturated carbocycles. The summed E-state index contributed by atoms with van der Waals surface area (Å²) in [5.41, 5.74) is -0.789. The first-order chi connectivity index (χ1) is 21.3. The van der Waals surface area contributed by atoms with Gasteiger partial charge < -0.3 is 30.9 Å². The molecule has 46 heavy (non-hydrogen) atoms. The lowest BCUT2D eigenvalue weighted by Gasteiger charge is -2.38. The summed E-state index contributed by atoms with van der Waals surface area (Å²) in [6, 6.07) is 6.25. The van der Waals surface area contributed by atoms with Gasteiger partial charge in [0.1, 0.15) is 17.7 Å². The second-order valence-electron chi connectivity index (χ2n) is 15.0. The molecule has 4 N–H and O–H groups in total. The van der Waals surface area contributed by atoms with Gasteiger partial charge in [-0.3, -0.25) is 24.0 Å². The number of hydrogen-bond donors (Lipinski definition) is 4. The van der Waals surface area contributed by atoms with Crippen LogP contribution in [0.2, 0.25) is 0 Å². The van der Waals surface area contributed by atoms with Gasteiger partial charge in [0.15, 0.2) is 0 Å². The Hall–Kier alpha value is -3.96. The Bertz CT molecular complexity index is 1320. The fourth-order valence-electron chi connectivity index (χ4n) is 6.13. The van der Waals surface area contributed by atoms with E-state index >= 15 is 0 Å². The number of ketones is 1. The number of alkyl carbamates (subject to hydrolysis) is 1. The lowest BCUT2D eigenvalue weighted by Crippen LogP contribution is -2.60. The van der Waals surface area contributed by atoms with Crippen LogP contribution < -0.4 is 21.3 Å². The van der Waals surface area contributed by atoms with E-state index in [2.05, 4.69) is 21.3 Å². The number of benzene rings is 1. The molecular formula is C34H51N5O7. The molecule has 5 atom stereocenters. The average Bonchev–Trinajstić information content (AvgIpc) is 3.27. The van der Waals surface area contributed by atoms with Crippen molar-refractivity contribution in [3.63, 3.8) is 0 Å². The van der Waals surface area contributed by atoms with Crippen LogP contribution in [-0.2, 0) is 35.3 Å². The van der Waals surface area contributed by atoms with Crippen LogP contribution in [0.3, 0.4) is 0 Å². The largest absolute Gasteiger partial charge is 0.444 e. The molecule has 5 amide bonds. The molecule has 3 rings (SSSR count). The van der Waals surface area contributed by atoms with E-state index in [-0.39, 0.29) is 30.2 Å². The molecule has 1 heterocycles. The quantitative estimate of drug-likeness (QED) is 0.255. The zero-order valence-electron chi connectivity index (χ0n) is 28.6. The first kappa shape index (κ1) is 36.5. The van der Waals surface area contributed by atoms with Crippen LogP contribution in [0.4, 0.5) is 4.79 Å². The molecular weight excluding hydrogens is 590 g/mol. The summed E-state index contributed by atoms with van der Waals surface area (Å²) in [5, 5.41) is 10.5. The lowest BCUT2D eigenvalue weighted by atomic mass is 9.85. The van der Waals surface area contributed by atoms with Crippen LogP contribution in [-0.4, -0.2) is 77.2 Å². The molecule has 2 aliphatic rings. The number of nitrogens with zero attached hydrogens (tertiary/aromatic N) is 1. The summed E-state index contributed by atoms with van der Waals surface area (Å²) in [4.78, 5) is 80.4. The van der Waals surface area contributed by atoms with E-state index in [1.54, 1.807) is 20.8 Å². The van der Waals surface area contributed by atoms with E-state index in [0.29, 0.717) is 13.0 Å². The van der Waals surface area contributed by atoms with Crippen LogP contribution >= 0.6 is 0 Å². The summed E-state index contributed by atoms with van der Waals surface area (Å²) >= 11 is 0. The predicted molar refractivity (Wildman–Crippen MR) is 172 cm³/mol. The molecule has 0 bridgehead atoms. The zero-order valence-corrected chi connectivity index (χ0v) is 28.6. The predicted octanol–water partition coefficient (Wildman–Crippen LogP) is 2.70. The Kier molecular flexibility index (Phi) is 11.3.